The van der Waals surface area contributed by atoms with Gasteiger partial charge in [-0.25, -0.2) is 4.79 Å². The molecule has 1 spiro atoms. The molecule has 6 nitrogen and oxygen atoms in total. The lowest BCUT2D eigenvalue weighted by molar-refractivity contribution is -0.138. The number of cyclic esters (lactones) is 1. The lowest BCUT2D eigenvalue weighted by Gasteiger charge is -2.41. The second-order valence-electron chi connectivity index (χ2n) is 10.7. The Balaban J connectivity index is 1.22. The third kappa shape index (κ3) is 4.20. The predicted octanol–water partition coefficient (Wildman–Crippen LogP) is 4.74. The van der Waals surface area contributed by atoms with E-state index >= 15 is 0 Å². The molecule has 0 aromatic heterocycles. The summed E-state index contributed by atoms with van der Waals surface area (Å²) in [6, 6.07) is 4.94. The molecule has 6 heteroatoms. The lowest BCUT2D eigenvalue weighted by Crippen LogP contribution is -2.45. The molecule has 0 unspecified atom stereocenters. The number of esters is 1. The number of rotatable bonds is 7. The first-order valence-electron chi connectivity index (χ1n) is 13.2. The van der Waals surface area contributed by atoms with Gasteiger partial charge in [-0.1, -0.05) is 25.6 Å². The molecule has 35 heavy (non-hydrogen) atoms. The van der Waals surface area contributed by atoms with Gasteiger partial charge in [0.25, 0.3) is 0 Å². The Morgan fingerprint density at radius 3 is 2.54 bits per heavy atom. The van der Waals surface area contributed by atoms with Gasteiger partial charge in [-0.15, -0.1) is 0 Å². The van der Waals surface area contributed by atoms with E-state index in [1.54, 1.807) is 6.92 Å². The van der Waals surface area contributed by atoms with Gasteiger partial charge in [-0.2, -0.15) is 0 Å². The zero-order valence-electron chi connectivity index (χ0n) is 21.5. The quantitative estimate of drug-likeness (QED) is 0.530. The summed E-state index contributed by atoms with van der Waals surface area (Å²) in [5.74, 6) is 0.712. The van der Waals surface area contributed by atoms with E-state index in [0.29, 0.717) is 24.8 Å². The molecule has 0 N–H and O–H groups in total. The van der Waals surface area contributed by atoms with Crippen molar-refractivity contribution < 1.29 is 19.1 Å². The van der Waals surface area contributed by atoms with Crippen LogP contribution >= 0.6 is 0 Å². The van der Waals surface area contributed by atoms with Crippen LogP contribution in [0.4, 0.5) is 0 Å². The van der Waals surface area contributed by atoms with Crippen molar-refractivity contribution in [2.45, 2.75) is 78.4 Å². The van der Waals surface area contributed by atoms with E-state index < -0.39 is 0 Å². The standard InChI is InChI=1S/C29H38N2O4/c1-5-14-30(15-10-22-6-7-24-21(4)34-17-25(24)19(22)2)23-8-11-29(12-9-23)13-16-31(28(29)33)26-18-35-27(32)20(26)3/h6-7,23H,4-5,8-18H2,1-3H3. The number of hydrogen-bond acceptors (Lipinski definition) is 5. The van der Waals surface area contributed by atoms with Crippen LogP contribution in [0, 0.1) is 12.3 Å². The fraction of sp³-hybridized carbons (Fsp3) is 0.586. The molecule has 0 radical (unpaired) electrons. The van der Waals surface area contributed by atoms with E-state index in [2.05, 4.69) is 37.5 Å². The van der Waals surface area contributed by atoms with Crippen LogP contribution in [-0.4, -0.2) is 54.0 Å². The molecule has 5 rings (SSSR count). The van der Waals surface area contributed by atoms with Crippen molar-refractivity contribution in [2.75, 3.05) is 26.2 Å². The number of amides is 1. The molecule has 0 bridgehead atoms. The molecule has 3 aliphatic heterocycles. The Kier molecular flexibility index (Phi) is 6.51. The average molecular weight is 479 g/mol. The predicted molar refractivity (Wildman–Crippen MR) is 135 cm³/mol. The minimum atomic E-state index is -0.288. The minimum Gasteiger partial charge on any atom is -0.489 e. The van der Waals surface area contributed by atoms with E-state index in [0.717, 1.165) is 75.1 Å². The number of fused-ring (bicyclic) bond motifs is 1. The largest absolute Gasteiger partial charge is 0.489 e. The van der Waals surface area contributed by atoms with Gasteiger partial charge in [-0.3, -0.25) is 4.79 Å². The van der Waals surface area contributed by atoms with Crippen LogP contribution in [0.2, 0.25) is 0 Å². The van der Waals surface area contributed by atoms with Crippen molar-refractivity contribution in [3.63, 3.8) is 0 Å². The molecule has 1 saturated heterocycles. The number of nitrogens with zero attached hydrogens (tertiary/aromatic N) is 2. The van der Waals surface area contributed by atoms with E-state index in [4.69, 9.17) is 9.47 Å². The number of hydrogen-bond donors (Lipinski definition) is 0. The van der Waals surface area contributed by atoms with Crippen LogP contribution in [0.1, 0.15) is 74.6 Å². The zero-order chi connectivity index (χ0) is 24.7. The van der Waals surface area contributed by atoms with Gasteiger partial charge in [0.2, 0.25) is 5.91 Å². The fourth-order valence-corrected chi connectivity index (χ4v) is 6.60. The Hall–Kier alpha value is -2.60. The molecule has 1 amide bonds. The number of carbonyl (C=O) groups excluding carboxylic acids is 2. The number of likely N-dealkylation sites (tertiary alicyclic amines) is 1. The Morgan fingerprint density at radius 1 is 1.09 bits per heavy atom. The summed E-state index contributed by atoms with van der Waals surface area (Å²) in [5, 5.41) is 0. The van der Waals surface area contributed by atoms with Crippen LogP contribution in [0.25, 0.3) is 5.76 Å². The molecule has 188 valence electrons. The van der Waals surface area contributed by atoms with Crippen LogP contribution in [0.3, 0.4) is 0 Å². The first-order chi connectivity index (χ1) is 16.8. The third-order valence-electron chi connectivity index (χ3n) is 8.93. The van der Waals surface area contributed by atoms with Gasteiger partial charge in [0.15, 0.2) is 0 Å². The summed E-state index contributed by atoms with van der Waals surface area (Å²) >= 11 is 0. The first-order valence-corrected chi connectivity index (χ1v) is 13.2. The van der Waals surface area contributed by atoms with Crippen molar-refractivity contribution in [3.8, 4) is 0 Å². The minimum absolute atomic E-state index is 0.211. The molecular formula is C29H38N2O4. The van der Waals surface area contributed by atoms with Crippen LogP contribution in [0.15, 0.2) is 30.0 Å². The lowest BCUT2D eigenvalue weighted by atomic mass is 9.71. The van der Waals surface area contributed by atoms with Crippen molar-refractivity contribution >= 4 is 17.6 Å². The van der Waals surface area contributed by atoms with Crippen molar-refractivity contribution in [2.24, 2.45) is 5.41 Å². The molecule has 1 aromatic rings. The van der Waals surface area contributed by atoms with E-state index in [-0.39, 0.29) is 23.9 Å². The Morgan fingerprint density at radius 2 is 1.86 bits per heavy atom. The molecule has 0 atom stereocenters. The van der Waals surface area contributed by atoms with Gasteiger partial charge in [-0.05, 0) is 76.5 Å². The zero-order valence-corrected chi connectivity index (χ0v) is 21.5. The highest BCUT2D eigenvalue weighted by molar-refractivity contribution is 5.94. The highest BCUT2D eigenvalue weighted by atomic mass is 16.5. The summed E-state index contributed by atoms with van der Waals surface area (Å²) in [4.78, 5) is 29.8. The van der Waals surface area contributed by atoms with Crippen LogP contribution in [0.5, 0.6) is 0 Å². The number of benzene rings is 1. The van der Waals surface area contributed by atoms with Gasteiger partial charge in [0.05, 0.1) is 16.7 Å². The third-order valence-corrected chi connectivity index (χ3v) is 8.93. The molecule has 1 aliphatic carbocycles. The maximum Gasteiger partial charge on any atom is 0.336 e. The van der Waals surface area contributed by atoms with Crippen LogP contribution < -0.4 is 0 Å². The first kappa shape index (κ1) is 24.1. The van der Waals surface area contributed by atoms with E-state index in [1.165, 1.54) is 16.7 Å². The normalized spacial score (nSPS) is 26.2. The van der Waals surface area contributed by atoms with Crippen molar-refractivity contribution in [1.29, 1.82) is 0 Å². The second kappa shape index (κ2) is 9.45. The summed E-state index contributed by atoms with van der Waals surface area (Å²) in [6.45, 7) is 14.0. The second-order valence-corrected chi connectivity index (χ2v) is 10.7. The van der Waals surface area contributed by atoms with Gasteiger partial charge < -0.3 is 19.3 Å². The monoisotopic (exact) mass is 478 g/mol. The summed E-state index contributed by atoms with van der Waals surface area (Å²) in [5.41, 5.74) is 6.31. The van der Waals surface area contributed by atoms with E-state index in [9.17, 15) is 9.59 Å². The summed E-state index contributed by atoms with van der Waals surface area (Å²) in [7, 11) is 0. The highest BCUT2D eigenvalue weighted by Gasteiger charge is 2.50. The maximum atomic E-state index is 13.5. The average Bonchev–Trinajstić information content (AvgIpc) is 3.50. The SMILES string of the molecule is C=C1OCc2c1ccc(CCN(CCC)C1CCC3(CC1)CCN(C1=C(C)C(=O)OC1)C3=O)c2C. The van der Waals surface area contributed by atoms with Gasteiger partial charge >= 0.3 is 5.97 Å². The number of carbonyl (C=O) groups is 2. The molecule has 4 aliphatic rings. The fourth-order valence-electron chi connectivity index (χ4n) is 6.60. The maximum absolute atomic E-state index is 13.5. The van der Waals surface area contributed by atoms with E-state index in [1.807, 2.05) is 4.90 Å². The summed E-state index contributed by atoms with van der Waals surface area (Å²) < 4.78 is 10.8. The van der Waals surface area contributed by atoms with Gasteiger partial charge in [0.1, 0.15) is 19.0 Å². The van der Waals surface area contributed by atoms with Crippen molar-refractivity contribution in [3.05, 3.63) is 52.2 Å². The smallest absolute Gasteiger partial charge is 0.336 e. The molecule has 2 fully saturated rings. The van der Waals surface area contributed by atoms with Crippen LogP contribution in [-0.2, 0) is 32.1 Å². The number of ether oxygens (including phenoxy) is 2. The summed E-state index contributed by atoms with van der Waals surface area (Å²) in [6.07, 6.45) is 7.04. The highest BCUT2D eigenvalue weighted by Crippen LogP contribution is 2.47. The molecular weight excluding hydrogens is 440 g/mol. The van der Waals surface area contributed by atoms with Crippen molar-refractivity contribution in [1.82, 2.24) is 9.80 Å². The Bertz CT molecular complexity index is 1080. The molecule has 3 heterocycles. The molecule has 1 saturated carbocycles. The molecule has 1 aromatic carbocycles. The Labute approximate surface area is 208 Å². The topological polar surface area (TPSA) is 59.1 Å². The van der Waals surface area contributed by atoms with Gasteiger partial charge in [0, 0.05) is 30.3 Å².